The zero-order chi connectivity index (χ0) is 10.0. The summed E-state index contributed by atoms with van der Waals surface area (Å²) in [5.74, 6) is -1.16. The molecule has 6 nitrogen and oxygen atoms in total. The van der Waals surface area contributed by atoms with Crippen LogP contribution in [0.4, 0.5) is 0 Å². The number of nitrogens with zero attached hydrogens (tertiary/aromatic N) is 2. The van der Waals surface area contributed by atoms with Crippen LogP contribution in [0.25, 0.3) is 0 Å². The van der Waals surface area contributed by atoms with Gasteiger partial charge in [0.15, 0.2) is 0 Å². The molecule has 0 fully saturated rings. The maximum atomic E-state index is 10.5. The summed E-state index contributed by atoms with van der Waals surface area (Å²) in [6.07, 6.45) is 1.93. The first-order valence-electron chi connectivity index (χ1n) is 3.82. The van der Waals surface area contributed by atoms with Crippen molar-refractivity contribution in [1.29, 1.82) is 0 Å². The van der Waals surface area contributed by atoms with Crippen molar-refractivity contribution in [3.63, 3.8) is 0 Å². The predicted octanol–water partition coefficient (Wildman–Crippen LogP) is -0.233. The number of carboxylic acids is 1. The fraction of sp³-hybridized carbons (Fsp3) is 0.429. The maximum Gasteiger partial charge on any atom is 0.326 e. The lowest BCUT2D eigenvalue weighted by molar-refractivity contribution is -0.138. The van der Waals surface area contributed by atoms with E-state index in [1.165, 1.54) is 6.20 Å². The number of rotatable bonds is 3. The average molecular weight is 185 g/mol. The molecule has 6 heteroatoms. The summed E-state index contributed by atoms with van der Waals surface area (Å²) in [4.78, 5) is 11.1. The maximum absolute atomic E-state index is 10.5. The molecule has 72 valence electrons. The zero-order valence-corrected chi connectivity index (χ0v) is 7.14. The van der Waals surface area contributed by atoms with Gasteiger partial charge in [0.05, 0.1) is 11.9 Å². The van der Waals surface area contributed by atoms with Crippen LogP contribution in [-0.2, 0) is 11.2 Å². The van der Waals surface area contributed by atoms with Gasteiger partial charge in [-0.25, -0.2) is 0 Å². The molecule has 4 N–H and O–H groups in total. The van der Waals surface area contributed by atoms with Crippen molar-refractivity contribution >= 4 is 5.97 Å². The average Bonchev–Trinajstić information content (AvgIpc) is 2.45. The molecule has 0 amide bonds. The van der Waals surface area contributed by atoms with Crippen molar-refractivity contribution < 1.29 is 15.1 Å². The first-order chi connectivity index (χ1) is 6.06. The molecular formula is C7H11N3O3. The topological polar surface area (TPSA) is 101 Å². The van der Waals surface area contributed by atoms with E-state index in [1.54, 1.807) is 0 Å². The van der Waals surface area contributed by atoms with E-state index in [4.69, 9.17) is 16.0 Å². The van der Waals surface area contributed by atoms with Crippen LogP contribution in [0.5, 0.6) is 0 Å². The van der Waals surface area contributed by atoms with Gasteiger partial charge in [-0.3, -0.25) is 4.79 Å². The Morgan fingerprint density at radius 2 is 2.46 bits per heavy atom. The van der Waals surface area contributed by atoms with Gasteiger partial charge >= 0.3 is 5.97 Å². The van der Waals surface area contributed by atoms with Crippen molar-refractivity contribution in [1.82, 2.24) is 9.94 Å². The molecule has 0 aliphatic heterocycles. The molecule has 13 heavy (non-hydrogen) atoms. The monoisotopic (exact) mass is 185 g/mol. The van der Waals surface area contributed by atoms with E-state index in [-0.39, 0.29) is 5.69 Å². The molecule has 0 radical (unpaired) electrons. The van der Waals surface area contributed by atoms with Crippen LogP contribution < -0.4 is 5.73 Å². The highest BCUT2D eigenvalue weighted by Gasteiger charge is 2.21. The summed E-state index contributed by atoms with van der Waals surface area (Å²) in [6.45, 7) is 1.83. The molecular weight excluding hydrogens is 174 g/mol. The lowest BCUT2D eigenvalue weighted by Gasteiger charge is -2.03. The fourth-order valence-corrected chi connectivity index (χ4v) is 1.06. The molecule has 1 aromatic rings. The number of nitrogens with two attached hydrogens (primary N) is 1. The number of aromatic nitrogens is 2. The molecule has 0 aliphatic rings. The van der Waals surface area contributed by atoms with Crippen LogP contribution >= 0.6 is 0 Å². The van der Waals surface area contributed by atoms with E-state index < -0.39 is 12.0 Å². The summed E-state index contributed by atoms with van der Waals surface area (Å²) in [7, 11) is 0. The van der Waals surface area contributed by atoms with Crippen LogP contribution in [0.1, 0.15) is 24.2 Å². The molecule has 1 atom stereocenters. The van der Waals surface area contributed by atoms with Crippen molar-refractivity contribution in [3.05, 3.63) is 17.5 Å². The van der Waals surface area contributed by atoms with Crippen LogP contribution in [0.3, 0.4) is 0 Å². The third-order valence-electron chi connectivity index (χ3n) is 1.75. The van der Waals surface area contributed by atoms with E-state index in [9.17, 15) is 4.79 Å². The van der Waals surface area contributed by atoms with Gasteiger partial charge in [0.1, 0.15) is 6.04 Å². The normalized spacial score (nSPS) is 12.8. The van der Waals surface area contributed by atoms with Gasteiger partial charge in [-0.1, -0.05) is 6.92 Å². The summed E-state index contributed by atoms with van der Waals surface area (Å²) < 4.78 is 0. The summed E-state index contributed by atoms with van der Waals surface area (Å²) in [5.41, 5.74) is 6.18. The Kier molecular flexibility index (Phi) is 2.52. The van der Waals surface area contributed by atoms with Crippen LogP contribution in [0.15, 0.2) is 6.20 Å². The van der Waals surface area contributed by atoms with Crippen molar-refractivity contribution in [3.8, 4) is 0 Å². The van der Waals surface area contributed by atoms with E-state index in [0.717, 1.165) is 0 Å². The molecule has 0 aliphatic carbocycles. The van der Waals surface area contributed by atoms with Crippen molar-refractivity contribution in [2.45, 2.75) is 19.4 Å². The molecule has 0 bridgehead atoms. The lowest BCUT2D eigenvalue weighted by atomic mass is 10.1. The van der Waals surface area contributed by atoms with Gasteiger partial charge in [0.25, 0.3) is 0 Å². The number of carboxylic acid groups (broad SMARTS) is 1. The second-order valence-corrected chi connectivity index (χ2v) is 2.63. The van der Waals surface area contributed by atoms with Crippen LogP contribution in [-0.4, -0.2) is 26.2 Å². The third-order valence-corrected chi connectivity index (χ3v) is 1.75. The number of carbonyl (C=O) groups is 1. The van der Waals surface area contributed by atoms with Crippen molar-refractivity contribution in [2.24, 2.45) is 5.73 Å². The number of hydrogen-bond donors (Lipinski definition) is 3. The standard InChI is InChI=1S/C7H11N3O3/c1-2-4-3-10(13)9-6(4)5(8)7(11)12/h3,5,13H,2,8H2,1H3,(H,11,12). The Hall–Kier alpha value is -1.56. The molecule has 0 saturated heterocycles. The molecule has 0 spiro atoms. The Morgan fingerprint density at radius 3 is 2.92 bits per heavy atom. The Balaban J connectivity index is 3.05. The molecule has 1 rings (SSSR count). The number of hydrogen-bond acceptors (Lipinski definition) is 4. The highest BCUT2D eigenvalue weighted by atomic mass is 16.5. The van der Waals surface area contributed by atoms with Gasteiger partial charge < -0.3 is 16.0 Å². The zero-order valence-electron chi connectivity index (χ0n) is 7.14. The number of aryl methyl sites for hydroxylation is 1. The minimum absolute atomic E-state index is 0.206. The second-order valence-electron chi connectivity index (χ2n) is 2.63. The highest BCUT2D eigenvalue weighted by molar-refractivity contribution is 5.74. The lowest BCUT2D eigenvalue weighted by Crippen LogP contribution is -2.22. The van der Waals surface area contributed by atoms with Gasteiger partial charge in [-0.05, 0) is 12.0 Å². The first kappa shape index (κ1) is 9.53. The molecule has 1 aromatic heterocycles. The molecule has 0 saturated carbocycles. The summed E-state index contributed by atoms with van der Waals surface area (Å²) in [6, 6.07) is -1.18. The first-order valence-corrected chi connectivity index (χ1v) is 3.82. The molecule has 0 aromatic carbocycles. The SMILES string of the molecule is CCc1cn(O)nc1C(N)C(=O)O. The smallest absolute Gasteiger partial charge is 0.326 e. The second kappa shape index (κ2) is 3.44. The van der Waals surface area contributed by atoms with Gasteiger partial charge in [-0.2, -0.15) is 0 Å². The fourth-order valence-electron chi connectivity index (χ4n) is 1.06. The minimum Gasteiger partial charge on any atom is -0.480 e. The van der Waals surface area contributed by atoms with Crippen LogP contribution in [0.2, 0.25) is 0 Å². The quantitative estimate of drug-likeness (QED) is 0.564. The van der Waals surface area contributed by atoms with Gasteiger partial charge in [0, 0.05) is 0 Å². The highest BCUT2D eigenvalue weighted by Crippen LogP contribution is 2.14. The van der Waals surface area contributed by atoms with Crippen molar-refractivity contribution in [2.75, 3.05) is 0 Å². The van der Waals surface area contributed by atoms with Crippen LogP contribution in [0, 0.1) is 0 Å². The number of aliphatic carboxylic acids is 1. The minimum atomic E-state index is -1.18. The van der Waals surface area contributed by atoms with E-state index in [1.807, 2.05) is 6.92 Å². The Bertz CT molecular complexity index is 321. The van der Waals surface area contributed by atoms with E-state index >= 15 is 0 Å². The van der Waals surface area contributed by atoms with Gasteiger partial charge in [-0.15, -0.1) is 9.94 Å². The van der Waals surface area contributed by atoms with E-state index in [2.05, 4.69) is 5.10 Å². The summed E-state index contributed by atoms with van der Waals surface area (Å²) >= 11 is 0. The Morgan fingerprint density at radius 1 is 1.85 bits per heavy atom. The molecule has 1 heterocycles. The third kappa shape index (κ3) is 1.78. The van der Waals surface area contributed by atoms with E-state index in [0.29, 0.717) is 16.8 Å². The molecule has 1 unspecified atom stereocenters. The van der Waals surface area contributed by atoms with Gasteiger partial charge in [0.2, 0.25) is 0 Å². The predicted molar refractivity (Wildman–Crippen MR) is 43.4 cm³/mol. The summed E-state index contributed by atoms with van der Waals surface area (Å²) in [5, 5.41) is 21.1. The largest absolute Gasteiger partial charge is 0.480 e. The Labute approximate surface area is 74.5 Å².